The minimum atomic E-state index is -0.348. The Hall–Kier alpha value is -2.41. The van der Waals surface area contributed by atoms with Crippen molar-refractivity contribution in [2.24, 2.45) is 0 Å². The van der Waals surface area contributed by atoms with E-state index in [1.807, 2.05) is 13.0 Å². The maximum Gasteiger partial charge on any atom is 0.164 e. The molecule has 1 aromatic carbocycles. The highest BCUT2D eigenvalue weighted by atomic mass is 19.1. The lowest BCUT2D eigenvalue weighted by Crippen LogP contribution is -2.01. The summed E-state index contributed by atoms with van der Waals surface area (Å²) >= 11 is 0. The summed E-state index contributed by atoms with van der Waals surface area (Å²) in [6.07, 6.45) is 4.79. The number of carbonyl (C=O) groups excluding carboxylic acids is 1. The van der Waals surface area contributed by atoms with Gasteiger partial charge in [-0.3, -0.25) is 4.79 Å². The van der Waals surface area contributed by atoms with Crippen LogP contribution < -0.4 is 0 Å². The van der Waals surface area contributed by atoms with Crippen molar-refractivity contribution >= 4 is 5.78 Å². The van der Waals surface area contributed by atoms with Crippen molar-refractivity contribution in [3.63, 3.8) is 0 Å². The van der Waals surface area contributed by atoms with Crippen LogP contribution in [0.25, 0.3) is 0 Å². The molecular weight excluding hydrogens is 255 g/mol. The molecule has 20 heavy (non-hydrogen) atoms. The van der Waals surface area contributed by atoms with Gasteiger partial charge in [0.15, 0.2) is 5.78 Å². The molecule has 4 heteroatoms. The molecule has 0 spiro atoms. The third kappa shape index (κ3) is 3.12. The second-order valence-electron chi connectivity index (χ2n) is 4.66. The van der Waals surface area contributed by atoms with Crippen molar-refractivity contribution < 1.29 is 9.18 Å². The highest BCUT2D eigenvalue weighted by molar-refractivity contribution is 5.95. The van der Waals surface area contributed by atoms with E-state index in [2.05, 4.69) is 0 Å². The summed E-state index contributed by atoms with van der Waals surface area (Å²) in [5.74, 6) is -0.253. The molecule has 0 bridgehead atoms. The Morgan fingerprint density at radius 3 is 2.90 bits per heavy atom. The van der Waals surface area contributed by atoms with Crippen LogP contribution >= 0.6 is 0 Å². The first-order chi connectivity index (χ1) is 9.63. The first-order valence-corrected chi connectivity index (χ1v) is 6.51. The maximum atomic E-state index is 13.7. The molecule has 0 saturated heterocycles. The number of nitrogens with zero attached hydrogens (tertiary/aromatic N) is 2. The summed E-state index contributed by atoms with van der Waals surface area (Å²) < 4.78 is 15.4. The van der Waals surface area contributed by atoms with Crippen LogP contribution in [0.4, 0.5) is 4.39 Å². The number of benzene rings is 1. The summed E-state index contributed by atoms with van der Waals surface area (Å²) in [5, 5.41) is 8.83. The summed E-state index contributed by atoms with van der Waals surface area (Å²) in [7, 11) is 0. The molecule has 0 unspecified atom stereocenters. The van der Waals surface area contributed by atoms with Gasteiger partial charge in [-0.1, -0.05) is 6.92 Å². The normalized spacial score (nSPS) is 10.2. The van der Waals surface area contributed by atoms with E-state index in [0.29, 0.717) is 29.7 Å². The predicted octanol–water partition coefficient (Wildman–Crippen LogP) is 3.53. The second-order valence-corrected chi connectivity index (χ2v) is 4.66. The van der Waals surface area contributed by atoms with E-state index in [1.165, 1.54) is 18.2 Å². The lowest BCUT2D eigenvalue weighted by Gasteiger charge is -2.05. The summed E-state index contributed by atoms with van der Waals surface area (Å²) in [6, 6.07) is 8.00. The zero-order chi connectivity index (χ0) is 14.5. The van der Waals surface area contributed by atoms with Gasteiger partial charge >= 0.3 is 0 Å². The molecule has 0 amide bonds. The van der Waals surface area contributed by atoms with Gasteiger partial charge in [0.1, 0.15) is 5.82 Å². The minimum absolute atomic E-state index is 0.0949. The van der Waals surface area contributed by atoms with E-state index in [1.54, 1.807) is 23.0 Å². The van der Waals surface area contributed by atoms with Crippen LogP contribution in [-0.2, 0) is 6.54 Å². The van der Waals surface area contributed by atoms with Gasteiger partial charge in [-0.2, -0.15) is 5.26 Å². The van der Waals surface area contributed by atoms with Crippen LogP contribution in [0, 0.1) is 17.1 Å². The predicted molar refractivity (Wildman–Crippen MR) is 73.9 cm³/mol. The number of nitriles is 1. The Kier molecular flexibility index (Phi) is 4.31. The maximum absolute atomic E-state index is 13.7. The topological polar surface area (TPSA) is 45.8 Å². The van der Waals surface area contributed by atoms with Gasteiger partial charge < -0.3 is 4.57 Å². The van der Waals surface area contributed by atoms with E-state index in [4.69, 9.17) is 5.26 Å². The fraction of sp³-hybridized carbons (Fsp3) is 0.250. The Morgan fingerprint density at radius 1 is 1.40 bits per heavy atom. The van der Waals surface area contributed by atoms with Crippen LogP contribution in [0.1, 0.15) is 41.3 Å². The Bertz CT molecular complexity index is 667. The zero-order valence-corrected chi connectivity index (χ0v) is 11.3. The quantitative estimate of drug-likeness (QED) is 0.780. The van der Waals surface area contributed by atoms with E-state index in [0.717, 1.165) is 6.42 Å². The van der Waals surface area contributed by atoms with E-state index < -0.39 is 0 Å². The standard InChI is InChI=1S/C16H15FN2O/c1-2-3-16(20)13-6-7-19(10-13)11-14-8-12(9-18)4-5-15(14)17/h4-8,10H,2-3,11H2,1H3. The van der Waals surface area contributed by atoms with Gasteiger partial charge in [-0.05, 0) is 30.7 Å². The van der Waals surface area contributed by atoms with Crippen LogP contribution in [0.3, 0.4) is 0 Å². The number of hydrogen-bond acceptors (Lipinski definition) is 2. The monoisotopic (exact) mass is 270 g/mol. The minimum Gasteiger partial charge on any atom is -0.349 e. The van der Waals surface area contributed by atoms with Crippen molar-refractivity contribution in [3.05, 3.63) is 59.2 Å². The van der Waals surface area contributed by atoms with Gasteiger partial charge in [-0.15, -0.1) is 0 Å². The third-order valence-corrected chi connectivity index (χ3v) is 3.08. The largest absolute Gasteiger partial charge is 0.349 e. The van der Waals surface area contributed by atoms with Gasteiger partial charge in [-0.25, -0.2) is 4.39 Å². The van der Waals surface area contributed by atoms with E-state index in [-0.39, 0.29) is 11.6 Å². The Morgan fingerprint density at radius 2 is 2.20 bits per heavy atom. The van der Waals surface area contributed by atoms with E-state index in [9.17, 15) is 9.18 Å². The first-order valence-electron chi connectivity index (χ1n) is 6.51. The van der Waals surface area contributed by atoms with Crippen molar-refractivity contribution in [2.45, 2.75) is 26.3 Å². The zero-order valence-electron chi connectivity index (χ0n) is 11.3. The molecule has 0 atom stereocenters. The van der Waals surface area contributed by atoms with E-state index >= 15 is 0 Å². The summed E-state index contributed by atoms with van der Waals surface area (Å²) in [6.45, 7) is 2.26. The molecule has 3 nitrogen and oxygen atoms in total. The number of halogens is 1. The number of Topliss-reactive ketones (excluding diaryl/α,β-unsaturated/α-hetero) is 1. The number of hydrogen-bond donors (Lipinski definition) is 0. The molecule has 0 aliphatic rings. The molecule has 0 aliphatic carbocycles. The molecule has 1 aromatic heterocycles. The van der Waals surface area contributed by atoms with Gasteiger partial charge in [0.2, 0.25) is 0 Å². The SMILES string of the molecule is CCCC(=O)c1ccn(Cc2cc(C#N)ccc2F)c1. The molecule has 0 fully saturated rings. The smallest absolute Gasteiger partial charge is 0.164 e. The van der Waals surface area contributed by atoms with Crippen LogP contribution in [0.15, 0.2) is 36.7 Å². The van der Waals surface area contributed by atoms with Gasteiger partial charge in [0, 0.05) is 36.5 Å². The van der Waals surface area contributed by atoms with Crippen LogP contribution in [0.5, 0.6) is 0 Å². The molecule has 1 heterocycles. The van der Waals surface area contributed by atoms with Crippen LogP contribution in [-0.4, -0.2) is 10.4 Å². The average Bonchev–Trinajstić information content (AvgIpc) is 2.90. The van der Waals surface area contributed by atoms with Crippen molar-refractivity contribution in [3.8, 4) is 6.07 Å². The molecule has 0 aliphatic heterocycles. The Labute approximate surface area is 117 Å². The fourth-order valence-corrected chi connectivity index (χ4v) is 2.04. The van der Waals surface area contributed by atoms with Crippen molar-refractivity contribution in [1.29, 1.82) is 5.26 Å². The van der Waals surface area contributed by atoms with Gasteiger partial charge in [0.05, 0.1) is 11.6 Å². The summed E-state index contributed by atoms with van der Waals surface area (Å²) in [5.41, 5.74) is 1.51. The molecule has 2 aromatic rings. The van der Waals surface area contributed by atoms with Crippen molar-refractivity contribution in [2.75, 3.05) is 0 Å². The molecular formula is C16H15FN2O. The number of carbonyl (C=O) groups is 1. The van der Waals surface area contributed by atoms with Gasteiger partial charge in [0.25, 0.3) is 0 Å². The highest BCUT2D eigenvalue weighted by Gasteiger charge is 2.08. The third-order valence-electron chi connectivity index (χ3n) is 3.08. The lowest BCUT2D eigenvalue weighted by atomic mass is 10.1. The first kappa shape index (κ1) is 14.0. The number of ketones is 1. The average molecular weight is 270 g/mol. The fourth-order valence-electron chi connectivity index (χ4n) is 2.04. The molecule has 0 saturated carbocycles. The number of aromatic nitrogens is 1. The van der Waals surface area contributed by atoms with Crippen LogP contribution in [0.2, 0.25) is 0 Å². The van der Waals surface area contributed by atoms with Crippen molar-refractivity contribution in [1.82, 2.24) is 4.57 Å². The molecule has 0 radical (unpaired) electrons. The number of rotatable bonds is 5. The molecule has 102 valence electrons. The molecule has 0 N–H and O–H groups in total. The molecule has 2 rings (SSSR count). The second kappa shape index (κ2) is 6.16. The Balaban J connectivity index is 2.19. The lowest BCUT2D eigenvalue weighted by molar-refractivity contribution is 0.0981. The highest BCUT2D eigenvalue weighted by Crippen LogP contribution is 2.14. The summed E-state index contributed by atoms with van der Waals surface area (Å²) in [4.78, 5) is 11.7.